The highest BCUT2D eigenvalue weighted by atomic mass is 15.3. The molecule has 0 fully saturated rings. The molecule has 0 spiro atoms. The van der Waals surface area contributed by atoms with Crippen LogP contribution in [-0.4, -0.2) is 48.2 Å². The largest absolute Gasteiger partial charge is 0.307 e. The summed E-state index contributed by atoms with van der Waals surface area (Å²) in [7, 11) is 0. The first kappa shape index (κ1) is 56.5. The first-order valence-corrected chi connectivity index (χ1v) is 34.2. The Hall–Kier alpha value is -13.7. The molecule has 20 aromatic rings. The van der Waals surface area contributed by atoms with Gasteiger partial charge in [0.1, 0.15) is 0 Å². The van der Waals surface area contributed by atoms with Crippen molar-refractivity contribution in [3.8, 4) is 90.8 Å². The van der Waals surface area contributed by atoms with E-state index in [1.54, 1.807) is 0 Å². The van der Waals surface area contributed by atoms with E-state index >= 15 is 0 Å². The predicted octanol–water partition coefficient (Wildman–Crippen LogP) is 21.7. The zero-order valence-corrected chi connectivity index (χ0v) is 54.3. The van der Waals surface area contributed by atoms with E-state index in [1.807, 2.05) is 72.8 Å². The molecule has 0 saturated heterocycles. The minimum atomic E-state index is -1.40. The Morgan fingerprint density at radius 3 is 0.782 bits per heavy atom. The van der Waals surface area contributed by atoms with Crippen LogP contribution in [0.4, 0.5) is 0 Å². The molecule has 10 heteroatoms. The summed E-state index contributed by atoms with van der Waals surface area (Å²) in [6.07, 6.45) is 0. The van der Waals surface area contributed by atoms with E-state index in [0.717, 1.165) is 154 Å². The van der Waals surface area contributed by atoms with E-state index in [2.05, 4.69) is 285 Å². The van der Waals surface area contributed by atoms with Crippen molar-refractivity contribution >= 4 is 87.2 Å². The van der Waals surface area contributed by atoms with Crippen molar-refractivity contribution in [3.63, 3.8) is 0 Å². The van der Waals surface area contributed by atoms with Crippen LogP contribution in [0.25, 0.3) is 178 Å². The highest BCUT2D eigenvalue weighted by Gasteiger charge is 2.51. The SMILES string of the molecule is c1ccc(-c2nc(-c3ccccc3)nc(-c3ccc4c(c3)C(n3c5ccccc5c5ccc6c7ccccc7n(-c7ccccc7)c6c53)(n3c5ccccc5c5ccc6c7ccccc7n(-c7ccccc7)c6c53)c3cc(-c5nc(-c6ccccc6)nc(-c6ccccc6)n5)ccc3-4)n2)cc1. The Kier molecular flexibility index (Phi) is 12.4. The number of benzene rings is 14. The molecule has 10 nitrogen and oxygen atoms in total. The quantitative estimate of drug-likeness (QED) is 0.135. The molecular formula is C91H56N10. The minimum absolute atomic E-state index is 0.542. The van der Waals surface area contributed by atoms with Crippen LogP contribution in [0.15, 0.2) is 340 Å². The number of hydrogen-bond acceptors (Lipinski definition) is 6. The number of rotatable bonds is 10. The molecule has 101 heavy (non-hydrogen) atoms. The van der Waals surface area contributed by atoms with Gasteiger partial charge < -0.3 is 18.3 Å². The summed E-state index contributed by atoms with van der Waals surface area (Å²) in [4.78, 5) is 32.6. The Bertz CT molecular complexity index is 6210. The first-order valence-electron chi connectivity index (χ1n) is 34.2. The van der Waals surface area contributed by atoms with Gasteiger partial charge in [-0.25, -0.2) is 29.9 Å². The van der Waals surface area contributed by atoms with Gasteiger partial charge in [-0.05, 0) is 71.8 Å². The maximum atomic E-state index is 5.52. The lowest BCUT2D eigenvalue weighted by Crippen LogP contribution is -2.42. The van der Waals surface area contributed by atoms with Gasteiger partial charge in [-0.1, -0.05) is 279 Å². The molecule has 0 atom stereocenters. The Balaban J connectivity index is 1.01. The molecule has 1 aliphatic carbocycles. The van der Waals surface area contributed by atoms with E-state index in [9.17, 15) is 0 Å². The van der Waals surface area contributed by atoms with Gasteiger partial charge >= 0.3 is 0 Å². The molecule has 0 radical (unpaired) electrons. The number of fused-ring (bicyclic) bond motifs is 17. The van der Waals surface area contributed by atoms with Crippen LogP contribution >= 0.6 is 0 Å². The molecular weight excluding hydrogens is 1230 g/mol. The second kappa shape index (κ2) is 22.2. The third-order valence-electron chi connectivity index (χ3n) is 20.6. The lowest BCUT2D eigenvalue weighted by atomic mass is 9.91. The van der Waals surface area contributed by atoms with Crippen LogP contribution in [0.3, 0.4) is 0 Å². The third-order valence-corrected chi connectivity index (χ3v) is 20.6. The van der Waals surface area contributed by atoms with Crippen molar-refractivity contribution < 1.29 is 0 Å². The van der Waals surface area contributed by atoms with Crippen LogP contribution in [0.5, 0.6) is 0 Å². The summed E-state index contributed by atoms with van der Waals surface area (Å²) in [6.45, 7) is 0. The molecule has 0 N–H and O–H groups in total. The molecule has 21 rings (SSSR count). The molecule has 0 aliphatic heterocycles. The minimum Gasteiger partial charge on any atom is -0.307 e. The summed E-state index contributed by atoms with van der Waals surface area (Å²) in [5, 5.41) is 8.99. The molecule has 0 bridgehead atoms. The topological polar surface area (TPSA) is 97.1 Å². The Labute approximate surface area is 579 Å². The smallest absolute Gasteiger partial charge is 0.176 e. The van der Waals surface area contributed by atoms with E-state index in [0.29, 0.717) is 34.9 Å². The fourth-order valence-electron chi connectivity index (χ4n) is 16.4. The van der Waals surface area contributed by atoms with Crippen molar-refractivity contribution in [1.82, 2.24) is 48.2 Å². The molecule has 0 saturated carbocycles. The highest BCUT2D eigenvalue weighted by Crippen LogP contribution is 2.59. The van der Waals surface area contributed by atoms with E-state index in [-0.39, 0.29) is 0 Å². The van der Waals surface area contributed by atoms with Crippen molar-refractivity contribution in [1.29, 1.82) is 0 Å². The van der Waals surface area contributed by atoms with Crippen LogP contribution in [0, 0.1) is 0 Å². The summed E-state index contributed by atoms with van der Waals surface area (Å²) >= 11 is 0. The van der Waals surface area contributed by atoms with Crippen molar-refractivity contribution in [2.24, 2.45) is 0 Å². The van der Waals surface area contributed by atoms with Gasteiger partial charge in [-0.15, -0.1) is 0 Å². The zero-order chi connectivity index (χ0) is 66.3. The van der Waals surface area contributed by atoms with Gasteiger partial charge in [-0.2, -0.15) is 0 Å². The van der Waals surface area contributed by atoms with Gasteiger partial charge in [0, 0.05) is 99.0 Å². The van der Waals surface area contributed by atoms with Gasteiger partial charge in [0.05, 0.1) is 44.1 Å². The average Bonchev–Trinajstić information content (AvgIpc) is 1.89. The molecule has 0 unspecified atom stereocenters. The molecule has 1 aliphatic rings. The fraction of sp³-hybridized carbons (Fsp3) is 0.0110. The molecule has 470 valence electrons. The molecule has 6 heterocycles. The lowest BCUT2D eigenvalue weighted by Gasteiger charge is -2.39. The van der Waals surface area contributed by atoms with Gasteiger partial charge in [0.25, 0.3) is 0 Å². The van der Waals surface area contributed by atoms with E-state index in [4.69, 9.17) is 29.9 Å². The van der Waals surface area contributed by atoms with Crippen molar-refractivity contribution in [2.45, 2.75) is 5.66 Å². The van der Waals surface area contributed by atoms with E-state index in [1.165, 1.54) is 0 Å². The zero-order valence-electron chi connectivity index (χ0n) is 54.3. The lowest BCUT2D eigenvalue weighted by molar-refractivity contribution is 0.416. The predicted molar refractivity (Wildman–Crippen MR) is 410 cm³/mol. The van der Waals surface area contributed by atoms with Crippen LogP contribution in [0.2, 0.25) is 0 Å². The van der Waals surface area contributed by atoms with Crippen molar-refractivity contribution in [2.75, 3.05) is 0 Å². The van der Waals surface area contributed by atoms with Crippen LogP contribution in [0.1, 0.15) is 11.1 Å². The maximum absolute atomic E-state index is 5.52. The number of aromatic nitrogens is 10. The number of hydrogen-bond donors (Lipinski definition) is 0. The molecule has 14 aromatic carbocycles. The summed E-state index contributed by atoms with van der Waals surface area (Å²) in [6, 6.07) is 122. The number of nitrogens with zero attached hydrogens (tertiary/aromatic N) is 10. The molecule has 0 amide bonds. The standard InChI is InChI=1S/C91H56N10/c1-7-27-57(28-8-1)85-92-86(58-29-9-2-10-30-58)95-89(94-85)61-47-49-65-66-50-48-62(90-96-87(59-31-11-3-12-32-59)93-88(97-90)60-33-13-4-14-34-60)56-76(66)91(75(65)55-61,100-79-45-25-21-41-69(79)73-53-51-71-67-39-19-23-43-77(67)98(81(71)83(73)100)63-35-15-5-16-36-63)101-80-46-26-22-42-70(80)74-54-52-72-68-40-20-24-44-78(68)99(82(72)84(74)101)64-37-17-6-18-38-64/h1-56H. The average molecular weight is 1290 g/mol. The Morgan fingerprint density at radius 2 is 0.455 bits per heavy atom. The second-order valence-corrected chi connectivity index (χ2v) is 26.1. The van der Waals surface area contributed by atoms with Gasteiger partial charge in [0.2, 0.25) is 0 Å². The summed E-state index contributed by atoms with van der Waals surface area (Å²) in [5.74, 6) is 3.39. The van der Waals surface area contributed by atoms with Crippen LogP contribution in [-0.2, 0) is 5.66 Å². The third kappa shape index (κ3) is 8.39. The monoisotopic (exact) mass is 1290 g/mol. The van der Waals surface area contributed by atoms with Crippen LogP contribution < -0.4 is 0 Å². The van der Waals surface area contributed by atoms with E-state index < -0.39 is 5.66 Å². The van der Waals surface area contributed by atoms with Crippen molar-refractivity contribution in [3.05, 3.63) is 351 Å². The number of para-hydroxylation sites is 6. The normalized spacial score (nSPS) is 12.6. The molecule has 6 aromatic heterocycles. The fourth-order valence-corrected chi connectivity index (χ4v) is 16.4. The van der Waals surface area contributed by atoms with Gasteiger partial charge in [0.15, 0.2) is 40.6 Å². The Morgan fingerprint density at radius 1 is 0.198 bits per heavy atom. The first-order chi connectivity index (χ1) is 50.1. The highest BCUT2D eigenvalue weighted by molar-refractivity contribution is 6.26. The summed E-state index contributed by atoms with van der Waals surface area (Å²) in [5.41, 5.74) is 18.6. The second-order valence-electron chi connectivity index (χ2n) is 26.1. The maximum Gasteiger partial charge on any atom is 0.176 e. The van der Waals surface area contributed by atoms with Gasteiger partial charge in [-0.3, -0.25) is 0 Å². The summed E-state index contributed by atoms with van der Waals surface area (Å²) < 4.78 is 10.5.